The van der Waals surface area contributed by atoms with Crippen molar-refractivity contribution in [2.24, 2.45) is 7.05 Å². The number of rotatable bonds is 1. The summed E-state index contributed by atoms with van der Waals surface area (Å²) in [6, 6.07) is 6.20. The summed E-state index contributed by atoms with van der Waals surface area (Å²) < 4.78 is 14.8. The summed E-state index contributed by atoms with van der Waals surface area (Å²) in [7, 11) is 1.23. The predicted molar refractivity (Wildman–Crippen MR) is 71.1 cm³/mol. The van der Waals surface area contributed by atoms with Crippen molar-refractivity contribution < 1.29 is 9.18 Å². The summed E-state index contributed by atoms with van der Waals surface area (Å²) >= 11 is 0. The Bertz CT molecular complexity index is 792. The van der Waals surface area contributed by atoms with Gasteiger partial charge in [0, 0.05) is 12.7 Å². The maximum Gasteiger partial charge on any atom is 0.337 e. The fourth-order valence-electron chi connectivity index (χ4n) is 1.70. The van der Waals surface area contributed by atoms with E-state index >= 15 is 0 Å². The van der Waals surface area contributed by atoms with Crippen LogP contribution in [0.1, 0.15) is 5.56 Å². The Labute approximate surface area is 113 Å². The van der Waals surface area contributed by atoms with Crippen LogP contribution in [0.4, 0.5) is 14.9 Å². The SMILES string of the molecule is Cc1cccc(NC(=O)n2cc(F)c(=N)n(C)c2=O)c1. The second-order valence-electron chi connectivity index (χ2n) is 4.34. The average Bonchev–Trinajstić information content (AvgIpc) is 2.40. The Hall–Kier alpha value is -2.70. The van der Waals surface area contributed by atoms with E-state index in [4.69, 9.17) is 5.41 Å². The number of hydrogen-bond donors (Lipinski definition) is 2. The number of carbonyl (C=O) groups excluding carboxylic acids is 1. The number of halogens is 1. The van der Waals surface area contributed by atoms with Crippen LogP contribution < -0.4 is 16.5 Å². The summed E-state index contributed by atoms with van der Waals surface area (Å²) in [6.45, 7) is 1.86. The molecule has 0 saturated heterocycles. The lowest BCUT2D eigenvalue weighted by atomic mass is 10.2. The average molecular weight is 276 g/mol. The number of anilines is 1. The third-order valence-corrected chi connectivity index (χ3v) is 2.79. The van der Waals surface area contributed by atoms with Gasteiger partial charge in [-0.25, -0.2) is 18.5 Å². The van der Waals surface area contributed by atoms with Crippen LogP contribution in [0.15, 0.2) is 35.3 Å². The van der Waals surface area contributed by atoms with Crippen molar-refractivity contribution in [2.75, 3.05) is 5.32 Å². The van der Waals surface area contributed by atoms with E-state index in [1.165, 1.54) is 7.05 Å². The highest BCUT2D eigenvalue weighted by molar-refractivity contribution is 5.90. The van der Waals surface area contributed by atoms with Gasteiger partial charge in [0.15, 0.2) is 11.3 Å². The van der Waals surface area contributed by atoms with E-state index in [0.29, 0.717) is 16.5 Å². The minimum absolute atomic E-state index is 0.500. The number of aryl methyl sites for hydroxylation is 1. The van der Waals surface area contributed by atoms with Gasteiger partial charge in [-0.05, 0) is 24.6 Å². The lowest BCUT2D eigenvalue weighted by molar-refractivity contribution is 0.251. The highest BCUT2D eigenvalue weighted by Crippen LogP contribution is 2.09. The molecule has 0 saturated carbocycles. The Morgan fingerprint density at radius 1 is 1.40 bits per heavy atom. The van der Waals surface area contributed by atoms with Gasteiger partial charge in [-0.3, -0.25) is 9.98 Å². The first kappa shape index (κ1) is 13.7. The number of benzene rings is 1. The van der Waals surface area contributed by atoms with Gasteiger partial charge in [0.05, 0.1) is 6.20 Å². The van der Waals surface area contributed by atoms with Crippen LogP contribution in [0.3, 0.4) is 0 Å². The first-order chi connectivity index (χ1) is 9.40. The Balaban J connectivity index is 2.40. The van der Waals surface area contributed by atoms with Crippen molar-refractivity contribution >= 4 is 11.7 Å². The lowest BCUT2D eigenvalue weighted by Crippen LogP contribution is -2.43. The van der Waals surface area contributed by atoms with Crippen molar-refractivity contribution in [3.63, 3.8) is 0 Å². The molecule has 1 aromatic heterocycles. The molecule has 2 N–H and O–H groups in total. The molecule has 7 heteroatoms. The van der Waals surface area contributed by atoms with Crippen LogP contribution in [0, 0.1) is 18.2 Å². The van der Waals surface area contributed by atoms with Crippen molar-refractivity contribution in [3.8, 4) is 0 Å². The van der Waals surface area contributed by atoms with E-state index in [9.17, 15) is 14.0 Å². The Kier molecular flexibility index (Phi) is 3.51. The predicted octanol–water partition coefficient (Wildman–Crippen LogP) is 1.19. The number of amides is 1. The summed E-state index contributed by atoms with van der Waals surface area (Å²) in [6.07, 6.45) is 0.704. The molecule has 0 atom stereocenters. The molecule has 0 aliphatic carbocycles. The zero-order valence-corrected chi connectivity index (χ0v) is 11.0. The molecular weight excluding hydrogens is 263 g/mol. The van der Waals surface area contributed by atoms with Gasteiger partial charge < -0.3 is 5.32 Å². The molecule has 0 fully saturated rings. The van der Waals surface area contributed by atoms with Crippen LogP contribution in [-0.4, -0.2) is 15.2 Å². The van der Waals surface area contributed by atoms with E-state index < -0.39 is 23.0 Å². The van der Waals surface area contributed by atoms with Gasteiger partial charge >= 0.3 is 11.7 Å². The molecule has 0 unspecified atom stereocenters. The summed E-state index contributed by atoms with van der Waals surface area (Å²) in [5, 5.41) is 9.81. The fourth-order valence-corrected chi connectivity index (χ4v) is 1.70. The van der Waals surface area contributed by atoms with Crippen LogP contribution in [0.5, 0.6) is 0 Å². The second-order valence-corrected chi connectivity index (χ2v) is 4.34. The van der Waals surface area contributed by atoms with Gasteiger partial charge in [0.1, 0.15) is 0 Å². The molecule has 0 bridgehead atoms. The van der Waals surface area contributed by atoms with Gasteiger partial charge in [0.25, 0.3) is 0 Å². The number of carbonyl (C=O) groups is 1. The normalized spacial score (nSPS) is 10.3. The van der Waals surface area contributed by atoms with Crippen molar-refractivity contribution in [2.45, 2.75) is 6.92 Å². The number of hydrogen-bond acceptors (Lipinski definition) is 3. The third-order valence-electron chi connectivity index (χ3n) is 2.79. The molecule has 2 rings (SSSR count). The van der Waals surface area contributed by atoms with Crippen LogP contribution >= 0.6 is 0 Å². The molecule has 6 nitrogen and oxygen atoms in total. The molecular formula is C13H13FN4O2. The third kappa shape index (κ3) is 2.51. The zero-order chi connectivity index (χ0) is 14.9. The molecule has 0 radical (unpaired) electrons. The molecule has 1 amide bonds. The standard InChI is InChI=1S/C13H13FN4O2/c1-8-4-3-5-9(6-8)16-12(19)18-7-10(14)11(15)17(2)13(18)20/h3-7,15H,1-2H3,(H,16,19). The van der Waals surface area contributed by atoms with E-state index in [1.807, 2.05) is 13.0 Å². The number of nitrogens with one attached hydrogen (secondary N) is 2. The molecule has 20 heavy (non-hydrogen) atoms. The molecule has 1 aromatic carbocycles. The Morgan fingerprint density at radius 2 is 2.10 bits per heavy atom. The highest BCUT2D eigenvalue weighted by Gasteiger charge is 2.12. The highest BCUT2D eigenvalue weighted by atomic mass is 19.1. The summed E-state index contributed by atoms with van der Waals surface area (Å²) in [4.78, 5) is 23.8. The van der Waals surface area contributed by atoms with Gasteiger partial charge in [0.2, 0.25) is 0 Å². The minimum Gasteiger partial charge on any atom is -0.307 e. The summed E-state index contributed by atoms with van der Waals surface area (Å²) in [5.74, 6) is -0.952. The van der Waals surface area contributed by atoms with Crippen molar-refractivity contribution in [1.29, 1.82) is 5.41 Å². The smallest absolute Gasteiger partial charge is 0.307 e. The molecule has 0 aliphatic heterocycles. The van der Waals surface area contributed by atoms with Crippen LogP contribution in [-0.2, 0) is 7.05 Å². The summed E-state index contributed by atoms with van der Waals surface area (Å²) in [5.41, 5.74) is 0.0736. The zero-order valence-electron chi connectivity index (χ0n) is 11.0. The van der Waals surface area contributed by atoms with Crippen LogP contribution in [0.2, 0.25) is 0 Å². The maximum absolute atomic E-state index is 13.4. The second kappa shape index (κ2) is 5.12. The fraction of sp³-hybridized carbons (Fsp3) is 0.154. The largest absolute Gasteiger partial charge is 0.337 e. The molecule has 104 valence electrons. The lowest BCUT2D eigenvalue weighted by Gasteiger charge is -2.09. The molecule has 2 aromatic rings. The number of nitrogens with zero attached hydrogens (tertiary/aromatic N) is 2. The molecule has 0 aliphatic rings. The van der Waals surface area contributed by atoms with E-state index in [2.05, 4.69) is 5.32 Å². The van der Waals surface area contributed by atoms with Gasteiger partial charge in [-0.15, -0.1) is 0 Å². The van der Waals surface area contributed by atoms with Gasteiger partial charge in [-0.2, -0.15) is 0 Å². The quantitative estimate of drug-likeness (QED) is 0.820. The topological polar surface area (TPSA) is 79.9 Å². The van der Waals surface area contributed by atoms with Gasteiger partial charge in [-0.1, -0.05) is 12.1 Å². The first-order valence-corrected chi connectivity index (χ1v) is 5.81. The molecule has 0 spiro atoms. The van der Waals surface area contributed by atoms with E-state index in [0.717, 1.165) is 10.1 Å². The monoisotopic (exact) mass is 276 g/mol. The van der Waals surface area contributed by atoms with Crippen molar-refractivity contribution in [3.05, 3.63) is 57.8 Å². The van der Waals surface area contributed by atoms with Crippen molar-refractivity contribution in [1.82, 2.24) is 9.13 Å². The number of aromatic nitrogens is 2. The Morgan fingerprint density at radius 3 is 2.75 bits per heavy atom. The first-order valence-electron chi connectivity index (χ1n) is 5.81. The van der Waals surface area contributed by atoms with E-state index in [1.54, 1.807) is 18.2 Å². The van der Waals surface area contributed by atoms with Crippen LogP contribution in [0.25, 0.3) is 0 Å². The van der Waals surface area contributed by atoms with E-state index in [-0.39, 0.29) is 0 Å². The maximum atomic E-state index is 13.4. The minimum atomic E-state index is -0.952. The molecule has 1 heterocycles.